The molecule has 2 N–H and O–H groups in total. The first kappa shape index (κ1) is 13.0. The van der Waals surface area contributed by atoms with Gasteiger partial charge < -0.3 is 10.5 Å². The lowest BCUT2D eigenvalue weighted by Crippen LogP contribution is -2.09. The van der Waals surface area contributed by atoms with Gasteiger partial charge in [-0.1, -0.05) is 12.1 Å². The summed E-state index contributed by atoms with van der Waals surface area (Å²) in [5.41, 5.74) is 7.21. The van der Waals surface area contributed by atoms with Crippen LogP contribution in [0.15, 0.2) is 24.3 Å². The predicted octanol–water partition coefficient (Wildman–Crippen LogP) is 1.77. The molecule has 0 saturated carbocycles. The molecule has 0 bridgehead atoms. The Bertz CT molecular complexity index is 349. The number of hydrogen-bond acceptors (Lipinski definition) is 4. The Labute approximate surface area is 101 Å². The Morgan fingerprint density at radius 1 is 1.38 bits per heavy atom. The molecule has 0 saturated heterocycles. The van der Waals surface area contributed by atoms with E-state index in [-0.39, 0.29) is 0 Å². The van der Waals surface area contributed by atoms with Gasteiger partial charge in [0.25, 0.3) is 0 Å². The molecule has 0 aliphatic rings. The van der Waals surface area contributed by atoms with Gasteiger partial charge in [-0.25, -0.2) is 0 Å². The molecule has 0 spiro atoms. The summed E-state index contributed by atoms with van der Waals surface area (Å²) in [4.78, 5) is 0. The number of benzene rings is 1. The molecule has 0 aliphatic heterocycles. The van der Waals surface area contributed by atoms with Gasteiger partial charge in [0, 0.05) is 18.1 Å². The number of thioether (sulfide) groups is 1. The number of nitrogens with two attached hydrogens (primary N) is 1. The van der Waals surface area contributed by atoms with Crippen LogP contribution in [-0.4, -0.2) is 25.5 Å². The molecular weight excluding hydrogens is 220 g/mol. The molecule has 0 amide bonds. The monoisotopic (exact) mass is 236 g/mol. The van der Waals surface area contributed by atoms with Crippen molar-refractivity contribution in [2.75, 3.05) is 25.5 Å². The van der Waals surface area contributed by atoms with Gasteiger partial charge in [0.05, 0.1) is 24.8 Å². The lowest BCUT2D eigenvalue weighted by molar-refractivity contribution is 0.158. The summed E-state index contributed by atoms with van der Waals surface area (Å²) < 4.78 is 5.27. The molecule has 0 atom stereocenters. The average Bonchev–Trinajstić information content (AvgIpc) is 2.34. The first-order chi connectivity index (χ1) is 7.86. The molecule has 1 rings (SSSR count). The van der Waals surface area contributed by atoms with Crippen molar-refractivity contribution in [2.24, 2.45) is 5.73 Å². The molecule has 1 aromatic carbocycles. The van der Waals surface area contributed by atoms with Gasteiger partial charge in [-0.3, -0.25) is 0 Å². The molecule has 0 aliphatic carbocycles. The number of nitriles is 1. The van der Waals surface area contributed by atoms with Crippen LogP contribution in [0.3, 0.4) is 0 Å². The number of rotatable bonds is 7. The van der Waals surface area contributed by atoms with Crippen molar-refractivity contribution in [3.63, 3.8) is 0 Å². The minimum atomic E-state index is 0.578. The molecular formula is C12H16N2OS. The predicted molar refractivity (Wildman–Crippen MR) is 67.2 cm³/mol. The fourth-order valence-corrected chi connectivity index (χ4v) is 2.02. The highest BCUT2D eigenvalue weighted by atomic mass is 32.2. The molecule has 4 heteroatoms. The highest BCUT2D eigenvalue weighted by Crippen LogP contribution is 2.13. The highest BCUT2D eigenvalue weighted by Gasteiger charge is 1.96. The van der Waals surface area contributed by atoms with Crippen LogP contribution in [0, 0.1) is 11.3 Å². The molecule has 0 heterocycles. The van der Waals surface area contributed by atoms with Crippen LogP contribution in [-0.2, 0) is 10.5 Å². The summed E-state index contributed by atoms with van der Waals surface area (Å²) in [7, 11) is 0. The maximum absolute atomic E-state index is 8.74. The van der Waals surface area contributed by atoms with Gasteiger partial charge in [0.1, 0.15) is 0 Å². The quantitative estimate of drug-likeness (QED) is 0.733. The van der Waals surface area contributed by atoms with Crippen molar-refractivity contribution in [3.05, 3.63) is 35.4 Å². The zero-order valence-corrected chi connectivity index (χ0v) is 10.0. The maximum atomic E-state index is 8.74. The second-order valence-corrected chi connectivity index (χ2v) is 4.37. The van der Waals surface area contributed by atoms with Gasteiger partial charge in [-0.15, -0.1) is 0 Å². The first-order valence-electron chi connectivity index (χ1n) is 5.21. The molecule has 0 fully saturated rings. The van der Waals surface area contributed by atoms with E-state index in [9.17, 15) is 0 Å². The lowest BCUT2D eigenvalue weighted by Gasteiger charge is -2.03. The third-order valence-electron chi connectivity index (χ3n) is 1.96. The van der Waals surface area contributed by atoms with E-state index in [1.807, 2.05) is 24.3 Å². The second kappa shape index (κ2) is 8.17. The van der Waals surface area contributed by atoms with Gasteiger partial charge in [-0.05, 0) is 17.7 Å². The van der Waals surface area contributed by atoms with E-state index in [1.165, 1.54) is 5.56 Å². The standard InChI is InChI=1S/C12H16N2OS/c13-4-5-15-6-7-16-10-12-3-1-2-11(8-12)9-14/h1-3,8H,4-7,10,13H2. The van der Waals surface area contributed by atoms with E-state index >= 15 is 0 Å². The van der Waals surface area contributed by atoms with Crippen LogP contribution in [0.5, 0.6) is 0 Å². The fourth-order valence-electron chi connectivity index (χ4n) is 1.22. The van der Waals surface area contributed by atoms with E-state index in [4.69, 9.17) is 15.7 Å². The maximum Gasteiger partial charge on any atom is 0.0991 e. The third kappa shape index (κ3) is 5.17. The van der Waals surface area contributed by atoms with Crippen LogP contribution in [0.4, 0.5) is 0 Å². The van der Waals surface area contributed by atoms with Crippen molar-refractivity contribution in [2.45, 2.75) is 5.75 Å². The zero-order valence-electron chi connectivity index (χ0n) is 9.19. The molecule has 0 radical (unpaired) electrons. The minimum absolute atomic E-state index is 0.578. The Balaban J connectivity index is 2.19. The van der Waals surface area contributed by atoms with Gasteiger partial charge in [0.15, 0.2) is 0 Å². The smallest absolute Gasteiger partial charge is 0.0991 e. The summed E-state index contributed by atoms with van der Waals surface area (Å²) in [6, 6.07) is 9.83. The number of ether oxygens (including phenoxy) is 1. The Hall–Kier alpha value is -1.02. The molecule has 0 aromatic heterocycles. The van der Waals surface area contributed by atoms with Crippen molar-refractivity contribution in [1.82, 2.24) is 0 Å². The Kier molecular flexibility index (Phi) is 6.66. The molecule has 3 nitrogen and oxygen atoms in total. The number of nitrogens with zero attached hydrogens (tertiary/aromatic N) is 1. The van der Waals surface area contributed by atoms with Crippen LogP contribution >= 0.6 is 11.8 Å². The third-order valence-corrected chi connectivity index (χ3v) is 2.95. The van der Waals surface area contributed by atoms with E-state index in [0.717, 1.165) is 23.7 Å². The first-order valence-corrected chi connectivity index (χ1v) is 6.37. The average molecular weight is 236 g/mol. The molecule has 86 valence electrons. The van der Waals surface area contributed by atoms with E-state index < -0.39 is 0 Å². The summed E-state index contributed by atoms with van der Waals surface area (Å²) in [6.07, 6.45) is 0. The van der Waals surface area contributed by atoms with Gasteiger partial charge in [-0.2, -0.15) is 17.0 Å². The normalized spacial score (nSPS) is 10.0. The van der Waals surface area contributed by atoms with Crippen molar-refractivity contribution in [1.29, 1.82) is 5.26 Å². The van der Waals surface area contributed by atoms with Crippen LogP contribution in [0.25, 0.3) is 0 Å². The lowest BCUT2D eigenvalue weighted by atomic mass is 10.2. The van der Waals surface area contributed by atoms with Crippen LogP contribution in [0.1, 0.15) is 11.1 Å². The fraction of sp³-hybridized carbons (Fsp3) is 0.417. The van der Waals surface area contributed by atoms with Crippen molar-refractivity contribution >= 4 is 11.8 Å². The molecule has 16 heavy (non-hydrogen) atoms. The van der Waals surface area contributed by atoms with Crippen molar-refractivity contribution in [3.8, 4) is 6.07 Å². The Morgan fingerprint density at radius 2 is 2.25 bits per heavy atom. The van der Waals surface area contributed by atoms with Crippen LogP contribution in [0.2, 0.25) is 0 Å². The van der Waals surface area contributed by atoms with E-state index in [1.54, 1.807) is 11.8 Å². The number of hydrogen-bond donors (Lipinski definition) is 1. The van der Waals surface area contributed by atoms with E-state index in [0.29, 0.717) is 13.2 Å². The van der Waals surface area contributed by atoms with Gasteiger partial charge >= 0.3 is 0 Å². The summed E-state index contributed by atoms with van der Waals surface area (Å²) in [5, 5.41) is 8.74. The summed E-state index contributed by atoms with van der Waals surface area (Å²) in [5.74, 6) is 1.87. The Morgan fingerprint density at radius 3 is 3.00 bits per heavy atom. The van der Waals surface area contributed by atoms with Gasteiger partial charge in [0.2, 0.25) is 0 Å². The van der Waals surface area contributed by atoms with Crippen molar-refractivity contribution < 1.29 is 4.74 Å². The second-order valence-electron chi connectivity index (χ2n) is 3.27. The minimum Gasteiger partial charge on any atom is -0.379 e. The molecule has 0 unspecified atom stereocenters. The highest BCUT2D eigenvalue weighted by molar-refractivity contribution is 7.98. The largest absolute Gasteiger partial charge is 0.379 e. The summed E-state index contributed by atoms with van der Waals surface area (Å²) in [6.45, 7) is 1.94. The topological polar surface area (TPSA) is 59.0 Å². The molecule has 1 aromatic rings. The van der Waals surface area contributed by atoms with Crippen LogP contribution < -0.4 is 5.73 Å². The SMILES string of the molecule is N#Cc1cccc(CSCCOCCN)c1. The van der Waals surface area contributed by atoms with E-state index in [2.05, 4.69) is 6.07 Å². The summed E-state index contributed by atoms with van der Waals surface area (Å²) >= 11 is 1.80. The zero-order chi connectivity index (χ0) is 11.6.